The smallest absolute Gasteiger partial charge is 0.364 e. The van der Waals surface area contributed by atoms with Crippen LogP contribution in [0.25, 0.3) is 0 Å². The average Bonchev–Trinajstić information content (AvgIpc) is 2.45. The van der Waals surface area contributed by atoms with Crippen molar-refractivity contribution in [3.63, 3.8) is 0 Å². The van der Waals surface area contributed by atoms with Crippen molar-refractivity contribution in [2.75, 3.05) is 11.9 Å². The highest BCUT2D eigenvalue weighted by atomic mass is 79.9. The Kier molecular flexibility index (Phi) is 4.57. The number of esters is 1. The molecule has 0 aromatic rings. The van der Waals surface area contributed by atoms with Crippen molar-refractivity contribution in [1.29, 1.82) is 0 Å². The van der Waals surface area contributed by atoms with Gasteiger partial charge in [-0.2, -0.15) is 0 Å². The number of Topliss-reactive ketones (excluding diaryl/α,β-unsaturated/α-hetero) is 1. The van der Waals surface area contributed by atoms with E-state index in [9.17, 15) is 9.59 Å². The van der Waals surface area contributed by atoms with Gasteiger partial charge in [0, 0.05) is 0 Å². The molecule has 0 radical (unpaired) electrons. The number of ether oxygens (including phenoxy) is 1. The van der Waals surface area contributed by atoms with E-state index >= 15 is 0 Å². The van der Waals surface area contributed by atoms with Crippen LogP contribution in [0.4, 0.5) is 0 Å². The van der Waals surface area contributed by atoms with Crippen LogP contribution in [0.3, 0.4) is 0 Å². The van der Waals surface area contributed by atoms with Crippen LogP contribution >= 0.6 is 15.9 Å². The van der Waals surface area contributed by atoms with Crippen LogP contribution in [0.2, 0.25) is 0 Å². The molecule has 4 saturated carbocycles. The first-order valence-electron chi connectivity index (χ1n) is 8.07. The number of ketones is 1. The molecule has 4 fully saturated rings. The van der Waals surface area contributed by atoms with Crippen LogP contribution < -0.4 is 0 Å². The summed E-state index contributed by atoms with van der Waals surface area (Å²) in [6, 6.07) is 0. The zero-order valence-corrected chi connectivity index (χ0v) is 14.4. The summed E-state index contributed by atoms with van der Waals surface area (Å²) in [4.78, 5) is 29.6. The zero-order chi connectivity index (χ0) is 15.7. The van der Waals surface area contributed by atoms with Gasteiger partial charge in [-0.05, 0) is 63.2 Å². The Hall–Kier alpha value is -0.910. The van der Waals surface area contributed by atoms with Crippen molar-refractivity contribution >= 4 is 33.4 Å². The van der Waals surface area contributed by atoms with Crippen LogP contribution in [0.5, 0.6) is 0 Å². The predicted octanol–water partition coefficient (Wildman–Crippen LogP) is 2.85. The quantitative estimate of drug-likeness (QED) is 0.236. The molecule has 0 spiro atoms. The summed E-state index contributed by atoms with van der Waals surface area (Å²) in [7, 11) is 0. The van der Waals surface area contributed by atoms with Crippen LogP contribution in [0.15, 0.2) is 5.16 Å². The minimum atomic E-state index is -0.698. The molecule has 6 heteroatoms. The molecule has 4 rings (SSSR count). The van der Waals surface area contributed by atoms with Crippen LogP contribution in [-0.2, 0) is 19.2 Å². The number of alkyl halides is 1. The Morgan fingerprint density at radius 2 is 1.68 bits per heavy atom. The molecular formula is C16H22BrNO4. The fourth-order valence-corrected chi connectivity index (χ4v) is 5.02. The summed E-state index contributed by atoms with van der Waals surface area (Å²) < 4.78 is 4.91. The Balaban J connectivity index is 1.75. The second kappa shape index (κ2) is 6.30. The van der Waals surface area contributed by atoms with E-state index in [4.69, 9.17) is 9.57 Å². The molecule has 22 heavy (non-hydrogen) atoms. The molecule has 0 saturated heterocycles. The normalized spacial score (nSPS) is 36.3. The largest absolute Gasteiger partial charge is 0.461 e. The fraction of sp³-hybridized carbons (Fsp3) is 0.812. The van der Waals surface area contributed by atoms with E-state index in [0.29, 0.717) is 0 Å². The molecule has 4 bridgehead atoms. The molecule has 0 aliphatic heterocycles. The van der Waals surface area contributed by atoms with Crippen LogP contribution in [-0.4, -0.2) is 35.0 Å². The van der Waals surface area contributed by atoms with Crippen LogP contribution in [0.1, 0.15) is 45.4 Å². The number of hydrogen-bond donors (Lipinski definition) is 0. The van der Waals surface area contributed by atoms with Gasteiger partial charge < -0.3 is 9.57 Å². The first kappa shape index (κ1) is 16.0. The minimum absolute atomic E-state index is 0.0366. The van der Waals surface area contributed by atoms with Gasteiger partial charge >= 0.3 is 5.97 Å². The van der Waals surface area contributed by atoms with Crippen molar-refractivity contribution in [1.82, 2.24) is 0 Å². The molecule has 0 atom stereocenters. The van der Waals surface area contributed by atoms with Gasteiger partial charge in [-0.3, -0.25) is 4.79 Å². The monoisotopic (exact) mass is 371 g/mol. The van der Waals surface area contributed by atoms with E-state index in [-0.39, 0.29) is 23.2 Å². The van der Waals surface area contributed by atoms with Crippen molar-refractivity contribution < 1.29 is 19.2 Å². The Morgan fingerprint density at radius 3 is 2.14 bits per heavy atom. The summed E-state index contributed by atoms with van der Waals surface area (Å²) in [6.45, 7) is 1.92. The van der Waals surface area contributed by atoms with Gasteiger partial charge in [0.1, 0.15) is 5.60 Å². The minimum Gasteiger partial charge on any atom is -0.461 e. The van der Waals surface area contributed by atoms with E-state index in [2.05, 4.69) is 21.1 Å². The van der Waals surface area contributed by atoms with Crippen molar-refractivity contribution in [2.24, 2.45) is 22.9 Å². The lowest BCUT2D eigenvalue weighted by molar-refractivity contribution is -0.163. The molecule has 122 valence electrons. The highest BCUT2D eigenvalue weighted by Gasteiger charge is 2.53. The van der Waals surface area contributed by atoms with Crippen molar-refractivity contribution in [3.8, 4) is 0 Å². The summed E-state index contributed by atoms with van der Waals surface area (Å²) in [6.07, 6.45) is 6.91. The van der Waals surface area contributed by atoms with Gasteiger partial charge in [0.25, 0.3) is 0 Å². The third kappa shape index (κ3) is 3.07. The maximum Gasteiger partial charge on any atom is 0.364 e. The molecule has 4 aliphatic rings. The fourth-order valence-electron chi connectivity index (χ4n) is 4.75. The van der Waals surface area contributed by atoms with Gasteiger partial charge in [0.15, 0.2) is 0 Å². The predicted molar refractivity (Wildman–Crippen MR) is 84.9 cm³/mol. The van der Waals surface area contributed by atoms with E-state index in [0.717, 1.165) is 37.0 Å². The molecule has 4 aliphatic carbocycles. The number of carbonyl (C=O) groups excluding carboxylic acids is 2. The lowest BCUT2D eigenvalue weighted by Crippen LogP contribution is -2.51. The lowest BCUT2D eigenvalue weighted by Gasteiger charge is -2.54. The Bertz CT molecular complexity index is 467. The second-order valence-electron chi connectivity index (χ2n) is 6.91. The van der Waals surface area contributed by atoms with Crippen molar-refractivity contribution in [2.45, 2.75) is 51.0 Å². The topological polar surface area (TPSA) is 65.0 Å². The van der Waals surface area contributed by atoms with Gasteiger partial charge in [-0.25, -0.2) is 4.79 Å². The van der Waals surface area contributed by atoms with E-state index in [1.807, 2.05) is 0 Å². The summed E-state index contributed by atoms with van der Waals surface area (Å²) >= 11 is 3.07. The van der Waals surface area contributed by atoms with E-state index in [1.54, 1.807) is 6.92 Å². The van der Waals surface area contributed by atoms with Crippen molar-refractivity contribution in [3.05, 3.63) is 0 Å². The molecule has 0 unspecified atom stereocenters. The van der Waals surface area contributed by atoms with Gasteiger partial charge in [0.05, 0.1) is 11.9 Å². The van der Waals surface area contributed by atoms with E-state index in [1.165, 1.54) is 19.3 Å². The molecule has 0 aromatic heterocycles. The third-order valence-electron chi connectivity index (χ3n) is 5.17. The highest BCUT2D eigenvalue weighted by molar-refractivity contribution is 9.09. The zero-order valence-electron chi connectivity index (χ0n) is 12.8. The SMILES string of the molecule is CCOC(=O)/C(=N\OC12CC3CC(CC(C3)C1)C2)C(=O)CBr. The molecule has 0 amide bonds. The first-order valence-corrected chi connectivity index (χ1v) is 9.20. The van der Waals surface area contributed by atoms with Crippen LogP contribution in [0, 0.1) is 17.8 Å². The summed E-state index contributed by atoms with van der Waals surface area (Å²) in [5.74, 6) is 1.07. The first-order chi connectivity index (χ1) is 10.5. The number of carbonyl (C=O) groups is 2. The van der Waals surface area contributed by atoms with Gasteiger partial charge in [-0.15, -0.1) is 0 Å². The molecular weight excluding hydrogens is 350 g/mol. The average molecular weight is 372 g/mol. The number of halogens is 1. The summed E-state index contributed by atoms with van der Waals surface area (Å²) in [5, 5.41) is 4.00. The molecule has 0 N–H and O–H groups in total. The number of hydrogen-bond acceptors (Lipinski definition) is 5. The molecule has 0 aromatic carbocycles. The molecule has 0 heterocycles. The van der Waals surface area contributed by atoms with E-state index < -0.39 is 11.8 Å². The third-order valence-corrected chi connectivity index (χ3v) is 5.68. The second-order valence-corrected chi connectivity index (χ2v) is 7.47. The standard InChI is InChI=1S/C16H22BrNO4/c1-2-21-15(20)14(13(19)9-17)18-22-16-6-10-3-11(7-16)5-12(4-10)8-16/h10-12H,2-9H2,1H3/b18-14-. The maximum absolute atomic E-state index is 11.9. The Labute approximate surface area is 138 Å². The number of nitrogens with zero attached hydrogens (tertiary/aromatic N) is 1. The van der Waals surface area contributed by atoms with Gasteiger partial charge in [0.2, 0.25) is 11.5 Å². The van der Waals surface area contributed by atoms with Gasteiger partial charge in [-0.1, -0.05) is 21.1 Å². The summed E-state index contributed by atoms with van der Waals surface area (Å²) in [5.41, 5.74) is -0.492. The maximum atomic E-state index is 11.9. The number of oxime groups is 1. The lowest BCUT2D eigenvalue weighted by atomic mass is 9.54. The number of rotatable bonds is 6. The Morgan fingerprint density at radius 1 is 1.14 bits per heavy atom. The molecule has 5 nitrogen and oxygen atoms in total. The highest BCUT2D eigenvalue weighted by Crippen LogP contribution is 2.57.